The zero-order valence-corrected chi connectivity index (χ0v) is 11.6. The molecule has 0 radical (unpaired) electrons. The van der Waals surface area contributed by atoms with E-state index in [4.69, 9.17) is 9.47 Å². The lowest BCUT2D eigenvalue weighted by Gasteiger charge is -2.18. The molecule has 0 N–H and O–H groups in total. The Morgan fingerprint density at radius 3 is 2.60 bits per heavy atom. The molecule has 1 aromatic carbocycles. The molecule has 0 aliphatic carbocycles. The first kappa shape index (κ1) is 14.1. The molecule has 104 valence electrons. The molecule has 0 spiro atoms. The Balaban J connectivity index is 2.28. The third-order valence-corrected chi connectivity index (χ3v) is 2.81. The summed E-state index contributed by atoms with van der Waals surface area (Å²) >= 11 is 0. The minimum Gasteiger partial charge on any atom is -0.472 e. The van der Waals surface area contributed by atoms with E-state index >= 15 is 0 Å². The lowest BCUT2D eigenvalue weighted by Crippen LogP contribution is -2.21. The van der Waals surface area contributed by atoms with Crippen molar-refractivity contribution in [1.29, 1.82) is 0 Å². The van der Waals surface area contributed by atoms with Crippen LogP contribution < -0.4 is 4.74 Å². The van der Waals surface area contributed by atoms with Crippen LogP contribution in [0.25, 0.3) is 0 Å². The van der Waals surface area contributed by atoms with Gasteiger partial charge in [-0.05, 0) is 26.0 Å². The van der Waals surface area contributed by atoms with Gasteiger partial charge in [-0.3, -0.25) is 4.98 Å². The van der Waals surface area contributed by atoms with Gasteiger partial charge in [0.25, 0.3) is 0 Å². The number of aromatic nitrogens is 1. The van der Waals surface area contributed by atoms with Crippen molar-refractivity contribution in [3.05, 3.63) is 59.9 Å². The Morgan fingerprint density at radius 2 is 1.95 bits per heavy atom. The summed E-state index contributed by atoms with van der Waals surface area (Å²) in [6.07, 6.45) is 0.906. The number of aryl methyl sites for hydroxylation is 1. The summed E-state index contributed by atoms with van der Waals surface area (Å²) in [5.74, 6) is 0.177. The number of benzene rings is 1. The number of hydrogen-bond acceptors (Lipinski definition) is 4. The largest absolute Gasteiger partial charge is 0.472 e. The highest BCUT2D eigenvalue weighted by atomic mass is 16.6. The molecule has 20 heavy (non-hydrogen) atoms. The van der Waals surface area contributed by atoms with E-state index in [-0.39, 0.29) is 0 Å². The predicted octanol–water partition coefficient (Wildman–Crippen LogP) is 3.07. The number of pyridine rings is 1. The quantitative estimate of drug-likeness (QED) is 0.784. The van der Waals surface area contributed by atoms with Crippen LogP contribution in [0.4, 0.5) is 0 Å². The second-order valence-electron chi connectivity index (χ2n) is 4.25. The second-order valence-corrected chi connectivity index (χ2v) is 4.25. The molecule has 1 heterocycles. The molecule has 0 aliphatic rings. The second kappa shape index (κ2) is 6.70. The van der Waals surface area contributed by atoms with Gasteiger partial charge in [0.2, 0.25) is 6.10 Å². The summed E-state index contributed by atoms with van der Waals surface area (Å²) in [5.41, 5.74) is 1.49. The number of carbonyl (C=O) groups excluding carboxylic acids is 1. The molecule has 1 atom stereocenters. The average Bonchev–Trinajstić information content (AvgIpc) is 2.47. The molecule has 1 unspecified atom stereocenters. The lowest BCUT2D eigenvalue weighted by atomic mass is 10.1. The summed E-state index contributed by atoms with van der Waals surface area (Å²) in [6, 6.07) is 12.9. The Kier molecular flexibility index (Phi) is 4.71. The topological polar surface area (TPSA) is 48.4 Å². The van der Waals surface area contributed by atoms with E-state index in [1.165, 1.54) is 0 Å². The average molecular weight is 271 g/mol. The Labute approximate surface area is 118 Å². The van der Waals surface area contributed by atoms with E-state index in [1.807, 2.05) is 37.3 Å². The van der Waals surface area contributed by atoms with E-state index in [0.717, 1.165) is 11.3 Å². The molecule has 0 amide bonds. The van der Waals surface area contributed by atoms with Crippen LogP contribution in [-0.2, 0) is 9.53 Å². The van der Waals surface area contributed by atoms with Crippen molar-refractivity contribution < 1.29 is 14.3 Å². The highest BCUT2D eigenvalue weighted by Gasteiger charge is 2.24. The smallest absolute Gasteiger partial charge is 0.352 e. The van der Waals surface area contributed by atoms with Gasteiger partial charge in [0.05, 0.1) is 12.3 Å². The molecule has 0 fully saturated rings. The first-order chi connectivity index (χ1) is 9.72. The number of ether oxygens (including phenoxy) is 2. The number of hydrogen-bond donors (Lipinski definition) is 0. The maximum Gasteiger partial charge on any atom is 0.352 e. The zero-order chi connectivity index (χ0) is 14.4. The van der Waals surface area contributed by atoms with Crippen LogP contribution in [-0.4, -0.2) is 17.6 Å². The first-order valence-electron chi connectivity index (χ1n) is 6.52. The van der Waals surface area contributed by atoms with Crippen LogP contribution in [0.3, 0.4) is 0 Å². The van der Waals surface area contributed by atoms with Gasteiger partial charge in [-0.1, -0.05) is 30.3 Å². The molecule has 4 heteroatoms. The normalized spacial score (nSPS) is 11.7. The van der Waals surface area contributed by atoms with Crippen molar-refractivity contribution in [3.63, 3.8) is 0 Å². The Morgan fingerprint density at radius 1 is 1.20 bits per heavy atom. The van der Waals surface area contributed by atoms with Gasteiger partial charge in [-0.2, -0.15) is 0 Å². The third kappa shape index (κ3) is 3.35. The summed E-state index contributed by atoms with van der Waals surface area (Å²) in [6.45, 7) is 3.93. The van der Waals surface area contributed by atoms with Crippen LogP contribution in [0.15, 0.2) is 48.7 Å². The molecular weight excluding hydrogens is 254 g/mol. The van der Waals surface area contributed by atoms with Gasteiger partial charge in [-0.15, -0.1) is 0 Å². The number of esters is 1. The Bertz CT molecular complexity index is 569. The van der Waals surface area contributed by atoms with Crippen molar-refractivity contribution in [3.8, 4) is 5.75 Å². The third-order valence-electron chi connectivity index (χ3n) is 2.81. The van der Waals surface area contributed by atoms with Gasteiger partial charge in [0.15, 0.2) is 0 Å². The van der Waals surface area contributed by atoms with E-state index in [1.54, 1.807) is 25.3 Å². The monoisotopic (exact) mass is 271 g/mol. The predicted molar refractivity (Wildman–Crippen MR) is 75.4 cm³/mol. The van der Waals surface area contributed by atoms with Crippen LogP contribution >= 0.6 is 0 Å². The van der Waals surface area contributed by atoms with Gasteiger partial charge in [0, 0.05) is 11.8 Å². The van der Waals surface area contributed by atoms with Gasteiger partial charge in [-0.25, -0.2) is 4.79 Å². The van der Waals surface area contributed by atoms with Crippen LogP contribution in [0.5, 0.6) is 5.75 Å². The highest BCUT2D eigenvalue weighted by Crippen LogP contribution is 2.24. The fourth-order valence-electron chi connectivity index (χ4n) is 1.82. The van der Waals surface area contributed by atoms with E-state index < -0.39 is 12.1 Å². The SMILES string of the molecule is CCOC(=O)C(Oc1cccnc1C)c1ccccc1. The molecular formula is C16H17NO3. The Hall–Kier alpha value is -2.36. The molecule has 2 aromatic rings. The fraction of sp³-hybridized carbons (Fsp3) is 0.250. The van der Waals surface area contributed by atoms with E-state index in [9.17, 15) is 4.79 Å². The first-order valence-corrected chi connectivity index (χ1v) is 6.52. The maximum absolute atomic E-state index is 12.1. The van der Waals surface area contributed by atoms with Crippen LogP contribution in [0.1, 0.15) is 24.3 Å². The molecule has 0 bridgehead atoms. The molecule has 0 saturated carbocycles. The minimum atomic E-state index is -0.779. The molecule has 0 saturated heterocycles. The van der Waals surface area contributed by atoms with Crippen LogP contribution in [0.2, 0.25) is 0 Å². The van der Waals surface area contributed by atoms with Crippen molar-refractivity contribution in [1.82, 2.24) is 4.98 Å². The zero-order valence-electron chi connectivity index (χ0n) is 11.6. The summed E-state index contributed by atoms with van der Waals surface area (Å²) < 4.78 is 10.9. The minimum absolute atomic E-state index is 0.317. The summed E-state index contributed by atoms with van der Waals surface area (Å²) in [7, 11) is 0. The van der Waals surface area contributed by atoms with E-state index in [2.05, 4.69) is 4.98 Å². The number of rotatable bonds is 5. The summed E-state index contributed by atoms with van der Waals surface area (Å²) in [4.78, 5) is 16.2. The van der Waals surface area contributed by atoms with E-state index in [0.29, 0.717) is 12.4 Å². The standard InChI is InChI=1S/C16H17NO3/c1-3-19-16(18)15(13-8-5-4-6-9-13)20-14-10-7-11-17-12(14)2/h4-11,15H,3H2,1-2H3. The maximum atomic E-state index is 12.1. The molecule has 0 aliphatic heterocycles. The van der Waals surface area contributed by atoms with Crippen molar-refractivity contribution in [2.75, 3.05) is 6.61 Å². The molecule has 4 nitrogen and oxygen atoms in total. The van der Waals surface area contributed by atoms with Gasteiger partial charge in [0.1, 0.15) is 5.75 Å². The van der Waals surface area contributed by atoms with Crippen LogP contribution in [0, 0.1) is 6.92 Å². The van der Waals surface area contributed by atoms with Crippen molar-refractivity contribution in [2.45, 2.75) is 20.0 Å². The number of nitrogens with zero attached hydrogens (tertiary/aromatic N) is 1. The highest BCUT2D eigenvalue weighted by molar-refractivity contribution is 5.77. The lowest BCUT2D eigenvalue weighted by molar-refractivity contribution is -0.151. The van der Waals surface area contributed by atoms with Crippen molar-refractivity contribution >= 4 is 5.97 Å². The molecule has 1 aromatic heterocycles. The van der Waals surface area contributed by atoms with Crippen molar-refractivity contribution in [2.24, 2.45) is 0 Å². The number of carbonyl (C=O) groups is 1. The summed E-state index contributed by atoms with van der Waals surface area (Å²) in [5, 5.41) is 0. The molecule has 2 rings (SSSR count). The van der Waals surface area contributed by atoms with Gasteiger partial charge >= 0.3 is 5.97 Å². The fourth-order valence-corrected chi connectivity index (χ4v) is 1.82. The van der Waals surface area contributed by atoms with Gasteiger partial charge < -0.3 is 9.47 Å².